The minimum absolute atomic E-state index is 0.739. The standard InChI is InChI=1S/C11H6ClN3S/c12-8-2-3-13-9-5-10(16-11(8)9)7-1-4-14-15-6-7/h1-6H. The third-order valence-electron chi connectivity index (χ3n) is 2.23. The van der Waals surface area contributed by atoms with Gasteiger partial charge in [-0.25, -0.2) is 0 Å². The number of thiophene rings is 1. The number of fused-ring (bicyclic) bond motifs is 1. The molecule has 78 valence electrons. The molecular weight excluding hydrogens is 242 g/mol. The summed E-state index contributed by atoms with van der Waals surface area (Å²) >= 11 is 7.72. The van der Waals surface area contributed by atoms with Crippen molar-refractivity contribution in [3.63, 3.8) is 0 Å². The molecule has 3 rings (SSSR count). The van der Waals surface area contributed by atoms with Crippen molar-refractivity contribution in [3.8, 4) is 10.4 Å². The molecule has 3 aromatic rings. The molecule has 0 fully saturated rings. The van der Waals surface area contributed by atoms with E-state index in [0.717, 1.165) is 25.7 Å². The van der Waals surface area contributed by atoms with Gasteiger partial charge in [-0.15, -0.1) is 11.3 Å². The topological polar surface area (TPSA) is 38.7 Å². The van der Waals surface area contributed by atoms with Crippen LogP contribution in [0, 0.1) is 0 Å². The van der Waals surface area contributed by atoms with Crippen LogP contribution in [-0.2, 0) is 0 Å². The van der Waals surface area contributed by atoms with Crippen molar-refractivity contribution < 1.29 is 0 Å². The molecule has 0 atom stereocenters. The van der Waals surface area contributed by atoms with Crippen LogP contribution in [0.15, 0.2) is 36.8 Å². The van der Waals surface area contributed by atoms with E-state index in [9.17, 15) is 0 Å². The smallest absolute Gasteiger partial charge is 0.0831 e. The Morgan fingerprint density at radius 1 is 1.12 bits per heavy atom. The molecule has 3 heterocycles. The average Bonchev–Trinajstić information content (AvgIpc) is 2.76. The van der Waals surface area contributed by atoms with Crippen molar-refractivity contribution in [2.45, 2.75) is 0 Å². The Morgan fingerprint density at radius 2 is 2.06 bits per heavy atom. The maximum Gasteiger partial charge on any atom is 0.0831 e. The highest BCUT2D eigenvalue weighted by molar-refractivity contribution is 7.22. The monoisotopic (exact) mass is 247 g/mol. The Balaban J connectivity index is 2.23. The molecule has 0 bridgehead atoms. The first-order chi connectivity index (χ1) is 7.84. The molecule has 0 saturated carbocycles. The highest BCUT2D eigenvalue weighted by atomic mass is 35.5. The average molecular weight is 248 g/mol. The van der Waals surface area contributed by atoms with Crippen LogP contribution in [0.3, 0.4) is 0 Å². The van der Waals surface area contributed by atoms with Crippen molar-refractivity contribution in [1.82, 2.24) is 15.2 Å². The van der Waals surface area contributed by atoms with Crippen molar-refractivity contribution in [2.75, 3.05) is 0 Å². The molecule has 0 amide bonds. The van der Waals surface area contributed by atoms with Crippen LogP contribution in [0.5, 0.6) is 0 Å². The Morgan fingerprint density at radius 3 is 2.81 bits per heavy atom. The minimum Gasteiger partial charge on any atom is -0.255 e. The summed E-state index contributed by atoms with van der Waals surface area (Å²) in [5.41, 5.74) is 1.96. The summed E-state index contributed by atoms with van der Waals surface area (Å²) in [4.78, 5) is 5.38. The van der Waals surface area contributed by atoms with E-state index in [1.165, 1.54) is 0 Å². The van der Waals surface area contributed by atoms with Gasteiger partial charge in [-0.3, -0.25) is 4.98 Å². The van der Waals surface area contributed by atoms with Gasteiger partial charge in [0.15, 0.2) is 0 Å². The predicted octanol–water partition coefficient (Wildman–Crippen LogP) is 3.41. The number of aromatic nitrogens is 3. The van der Waals surface area contributed by atoms with Gasteiger partial charge >= 0.3 is 0 Å². The first-order valence-electron chi connectivity index (χ1n) is 4.66. The summed E-state index contributed by atoms with van der Waals surface area (Å²) in [6.07, 6.45) is 5.12. The number of hydrogen-bond donors (Lipinski definition) is 0. The van der Waals surface area contributed by atoms with E-state index in [2.05, 4.69) is 15.2 Å². The zero-order valence-electron chi connectivity index (χ0n) is 8.09. The van der Waals surface area contributed by atoms with E-state index in [-0.39, 0.29) is 0 Å². The van der Waals surface area contributed by atoms with Gasteiger partial charge in [0, 0.05) is 16.6 Å². The third kappa shape index (κ3) is 1.56. The summed E-state index contributed by atoms with van der Waals surface area (Å²) in [6, 6.07) is 5.74. The van der Waals surface area contributed by atoms with Gasteiger partial charge < -0.3 is 0 Å². The molecule has 0 N–H and O–H groups in total. The van der Waals surface area contributed by atoms with Crippen LogP contribution in [0.4, 0.5) is 0 Å². The van der Waals surface area contributed by atoms with Crippen molar-refractivity contribution in [3.05, 3.63) is 41.8 Å². The van der Waals surface area contributed by atoms with Crippen LogP contribution < -0.4 is 0 Å². The van der Waals surface area contributed by atoms with E-state index in [1.54, 1.807) is 36.0 Å². The van der Waals surface area contributed by atoms with Crippen molar-refractivity contribution >= 4 is 33.2 Å². The van der Waals surface area contributed by atoms with E-state index in [1.807, 2.05) is 12.1 Å². The molecular formula is C11H6ClN3S. The molecule has 16 heavy (non-hydrogen) atoms. The number of rotatable bonds is 1. The van der Waals surface area contributed by atoms with Gasteiger partial charge in [-0.1, -0.05) is 11.6 Å². The van der Waals surface area contributed by atoms with E-state index in [4.69, 9.17) is 11.6 Å². The fraction of sp³-hybridized carbons (Fsp3) is 0. The molecule has 0 aliphatic rings. The van der Waals surface area contributed by atoms with Gasteiger partial charge in [0.05, 0.1) is 27.6 Å². The lowest BCUT2D eigenvalue weighted by Crippen LogP contribution is -1.78. The van der Waals surface area contributed by atoms with Gasteiger partial charge in [-0.2, -0.15) is 10.2 Å². The van der Waals surface area contributed by atoms with E-state index >= 15 is 0 Å². The maximum atomic E-state index is 6.10. The van der Waals surface area contributed by atoms with Gasteiger partial charge in [0.2, 0.25) is 0 Å². The minimum atomic E-state index is 0.739. The second-order valence-corrected chi connectivity index (χ2v) is 4.71. The predicted molar refractivity (Wildman–Crippen MR) is 65.7 cm³/mol. The summed E-state index contributed by atoms with van der Waals surface area (Å²) in [5.74, 6) is 0. The molecule has 0 spiro atoms. The first kappa shape index (κ1) is 9.69. The molecule has 0 unspecified atom stereocenters. The highest BCUT2D eigenvalue weighted by Gasteiger charge is 2.07. The second-order valence-electron chi connectivity index (χ2n) is 3.25. The SMILES string of the molecule is Clc1ccnc2cc(-c3ccnnc3)sc12. The number of pyridine rings is 1. The van der Waals surface area contributed by atoms with Crippen LogP contribution in [0.1, 0.15) is 0 Å². The molecule has 0 aliphatic heterocycles. The number of hydrogen-bond acceptors (Lipinski definition) is 4. The quantitative estimate of drug-likeness (QED) is 0.662. The Labute approximate surface area is 101 Å². The molecule has 0 aromatic carbocycles. The molecule has 5 heteroatoms. The lowest BCUT2D eigenvalue weighted by Gasteiger charge is -1.92. The Hall–Kier alpha value is -1.52. The molecule has 3 aromatic heterocycles. The Kier molecular flexibility index (Phi) is 2.31. The van der Waals surface area contributed by atoms with Crippen LogP contribution in [0.25, 0.3) is 20.7 Å². The molecule has 3 nitrogen and oxygen atoms in total. The van der Waals surface area contributed by atoms with Crippen LogP contribution >= 0.6 is 22.9 Å². The summed E-state index contributed by atoms with van der Waals surface area (Å²) < 4.78 is 1.01. The fourth-order valence-corrected chi connectivity index (χ4v) is 2.77. The summed E-state index contributed by atoms with van der Waals surface area (Å²) in [5, 5.41) is 8.35. The fourth-order valence-electron chi connectivity index (χ4n) is 1.49. The van der Waals surface area contributed by atoms with Gasteiger partial charge in [0.1, 0.15) is 0 Å². The zero-order chi connectivity index (χ0) is 11.0. The van der Waals surface area contributed by atoms with E-state index in [0.29, 0.717) is 0 Å². The van der Waals surface area contributed by atoms with Crippen LogP contribution in [0.2, 0.25) is 5.02 Å². The number of nitrogens with zero attached hydrogens (tertiary/aromatic N) is 3. The molecule has 0 radical (unpaired) electrons. The summed E-state index contributed by atoms with van der Waals surface area (Å²) in [7, 11) is 0. The Bertz CT molecular complexity index is 636. The normalized spacial score (nSPS) is 10.8. The lowest BCUT2D eigenvalue weighted by atomic mass is 10.2. The van der Waals surface area contributed by atoms with Crippen molar-refractivity contribution in [2.24, 2.45) is 0 Å². The van der Waals surface area contributed by atoms with E-state index < -0.39 is 0 Å². The van der Waals surface area contributed by atoms with Gasteiger partial charge in [0.25, 0.3) is 0 Å². The third-order valence-corrected chi connectivity index (χ3v) is 3.87. The maximum absolute atomic E-state index is 6.10. The van der Waals surface area contributed by atoms with Crippen molar-refractivity contribution in [1.29, 1.82) is 0 Å². The zero-order valence-corrected chi connectivity index (χ0v) is 9.66. The molecule has 0 saturated heterocycles. The largest absolute Gasteiger partial charge is 0.255 e. The highest BCUT2D eigenvalue weighted by Crippen LogP contribution is 2.35. The summed E-state index contributed by atoms with van der Waals surface area (Å²) in [6.45, 7) is 0. The van der Waals surface area contributed by atoms with Crippen LogP contribution in [-0.4, -0.2) is 15.2 Å². The first-order valence-corrected chi connectivity index (χ1v) is 5.85. The van der Waals surface area contributed by atoms with Gasteiger partial charge in [-0.05, 0) is 18.2 Å². The second kappa shape index (κ2) is 3.81. The number of halogens is 1. The lowest BCUT2D eigenvalue weighted by molar-refractivity contribution is 1.03. The molecule has 0 aliphatic carbocycles.